The van der Waals surface area contributed by atoms with Gasteiger partial charge in [0.15, 0.2) is 0 Å². The lowest BCUT2D eigenvalue weighted by Gasteiger charge is -2.24. The highest BCUT2D eigenvalue weighted by molar-refractivity contribution is 7.89. The third-order valence-corrected chi connectivity index (χ3v) is 5.49. The van der Waals surface area contributed by atoms with Gasteiger partial charge in [-0.05, 0) is 56.5 Å². The molecule has 1 heterocycles. The third kappa shape index (κ3) is 3.75. The van der Waals surface area contributed by atoms with Crippen molar-refractivity contribution in [3.63, 3.8) is 0 Å². The van der Waals surface area contributed by atoms with Gasteiger partial charge < -0.3 is 10.6 Å². The van der Waals surface area contributed by atoms with E-state index in [1.807, 2.05) is 19.1 Å². The van der Waals surface area contributed by atoms with Gasteiger partial charge in [0.25, 0.3) is 0 Å². The predicted octanol–water partition coefficient (Wildman–Crippen LogP) is 1.55. The maximum absolute atomic E-state index is 12.0. The van der Waals surface area contributed by atoms with Crippen molar-refractivity contribution in [2.45, 2.75) is 37.6 Å². The molecule has 5 nitrogen and oxygen atoms in total. The highest BCUT2D eigenvalue weighted by Crippen LogP contribution is 2.29. The second-order valence-corrected chi connectivity index (χ2v) is 7.50. The Labute approximate surface area is 127 Å². The van der Waals surface area contributed by atoms with Gasteiger partial charge in [-0.25, -0.2) is 13.1 Å². The van der Waals surface area contributed by atoms with Gasteiger partial charge in [0, 0.05) is 24.8 Å². The van der Waals surface area contributed by atoms with Gasteiger partial charge in [0.2, 0.25) is 10.0 Å². The van der Waals surface area contributed by atoms with Crippen molar-refractivity contribution in [3.8, 4) is 0 Å². The highest BCUT2D eigenvalue weighted by Gasteiger charge is 2.28. The number of hydrogen-bond donors (Lipinski definition) is 2. The first-order chi connectivity index (χ1) is 9.97. The Bertz CT molecular complexity index is 557. The average molecular weight is 311 g/mol. The fraction of sp³-hybridized carbons (Fsp3) is 0.600. The van der Waals surface area contributed by atoms with Crippen molar-refractivity contribution in [2.75, 3.05) is 24.5 Å². The second kappa shape index (κ2) is 6.77. The molecule has 0 spiro atoms. The first kappa shape index (κ1) is 16.3. The molecule has 0 saturated carbocycles. The molecule has 1 aliphatic rings. The van der Waals surface area contributed by atoms with Crippen molar-refractivity contribution in [1.82, 2.24) is 4.72 Å². The first-order valence-corrected chi connectivity index (χ1v) is 9.02. The molecule has 0 amide bonds. The van der Waals surface area contributed by atoms with Crippen LogP contribution in [0, 0.1) is 5.92 Å². The lowest BCUT2D eigenvalue weighted by Crippen LogP contribution is -2.28. The maximum Gasteiger partial charge on any atom is 0.240 e. The number of hydrogen-bond acceptors (Lipinski definition) is 4. The summed E-state index contributed by atoms with van der Waals surface area (Å²) in [5.41, 5.74) is 6.81. The van der Waals surface area contributed by atoms with E-state index in [2.05, 4.69) is 16.5 Å². The number of anilines is 1. The van der Waals surface area contributed by atoms with E-state index in [0.29, 0.717) is 29.9 Å². The van der Waals surface area contributed by atoms with Crippen molar-refractivity contribution < 1.29 is 8.42 Å². The third-order valence-electron chi connectivity index (χ3n) is 4.02. The summed E-state index contributed by atoms with van der Waals surface area (Å²) in [6.07, 6.45) is 1.87. The molecule has 0 aromatic heterocycles. The monoisotopic (exact) mass is 311 g/mol. The molecule has 1 aliphatic heterocycles. The Balaban J connectivity index is 2.12. The molecule has 1 aromatic rings. The summed E-state index contributed by atoms with van der Waals surface area (Å²) in [5.74, 6) is 0.523. The van der Waals surface area contributed by atoms with Gasteiger partial charge in [-0.1, -0.05) is 6.92 Å². The van der Waals surface area contributed by atoms with Crippen molar-refractivity contribution in [3.05, 3.63) is 24.3 Å². The summed E-state index contributed by atoms with van der Waals surface area (Å²) in [6.45, 7) is 6.23. The summed E-state index contributed by atoms with van der Waals surface area (Å²) in [7, 11) is -3.38. The summed E-state index contributed by atoms with van der Waals surface area (Å²) in [6, 6.07) is 7.57. The number of nitrogens with one attached hydrogen (secondary N) is 1. The van der Waals surface area contributed by atoms with Crippen LogP contribution in [-0.2, 0) is 10.0 Å². The number of benzene rings is 1. The normalized spacial score (nSPS) is 22.7. The summed E-state index contributed by atoms with van der Waals surface area (Å²) < 4.78 is 26.7. The van der Waals surface area contributed by atoms with Gasteiger partial charge >= 0.3 is 0 Å². The molecule has 2 rings (SSSR count). The molecule has 0 aliphatic carbocycles. The van der Waals surface area contributed by atoms with E-state index in [1.54, 1.807) is 12.1 Å². The van der Waals surface area contributed by atoms with Gasteiger partial charge in [-0.3, -0.25) is 0 Å². The Kier molecular flexibility index (Phi) is 5.24. The molecule has 118 valence electrons. The Morgan fingerprint density at radius 3 is 2.52 bits per heavy atom. The molecular formula is C15H25N3O2S. The summed E-state index contributed by atoms with van der Waals surface area (Å²) in [4.78, 5) is 2.62. The molecular weight excluding hydrogens is 286 g/mol. The highest BCUT2D eigenvalue weighted by atomic mass is 32.2. The minimum atomic E-state index is -3.38. The van der Waals surface area contributed by atoms with Crippen LogP contribution in [0.3, 0.4) is 0 Å². The largest absolute Gasteiger partial charge is 0.368 e. The van der Waals surface area contributed by atoms with Crippen LogP contribution in [0.25, 0.3) is 0 Å². The predicted molar refractivity (Wildman–Crippen MR) is 85.9 cm³/mol. The summed E-state index contributed by atoms with van der Waals surface area (Å²) in [5, 5.41) is 0. The zero-order valence-electron chi connectivity index (χ0n) is 12.7. The van der Waals surface area contributed by atoms with E-state index in [4.69, 9.17) is 5.73 Å². The SMILES string of the molecule is CCCNS(=O)(=O)c1ccc(N2CC(CN)CC2C)cc1. The van der Waals surface area contributed by atoms with Crippen LogP contribution in [-0.4, -0.2) is 34.1 Å². The molecule has 1 fully saturated rings. The number of rotatable bonds is 6. The quantitative estimate of drug-likeness (QED) is 0.836. The van der Waals surface area contributed by atoms with E-state index in [-0.39, 0.29) is 0 Å². The Morgan fingerprint density at radius 1 is 1.33 bits per heavy atom. The van der Waals surface area contributed by atoms with Crippen LogP contribution in [0.5, 0.6) is 0 Å². The fourth-order valence-electron chi connectivity index (χ4n) is 2.81. The summed E-state index contributed by atoms with van der Waals surface area (Å²) >= 11 is 0. The smallest absolute Gasteiger partial charge is 0.240 e. The standard InChI is InChI=1S/C15H25N3O2S/c1-3-8-17-21(19,20)15-6-4-14(5-7-15)18-11-13(10-16)9-12(18)2/h4-7,12-13,17H,3,8-11,16H2,1-2H3. The zero-order valence-corrected chi connectivity index (χ0v) is 13.6. The van der Waals surface area contributed by atoms with Crippen molar-refractivity contribution in [2.24, 2.45) is 11.7 Å². The average Bonchev–Trinajstić information content (AvgIpc) is 2.86. The molecule has 21 heavy (non-hydrogen) atoms. The van der Waals surface area contributed by atoms with Crippen LogP contribution in [0.1, 0.15) is 26.7 Å². The fourth-order valence-corrected chi connectivity index (χ4v) is 3.94. The van der Waals surface area contributed by atoms with Crippen LogP contribution in [0.4, 0.5) is 5.69 Å². The van der Waals surface area contributed by atoms with E-state index in [0.717, 1.165) is 25.1 Å². The topological polar surface area (TPSA) is 75.4 Å². The van der Waals surface area contributed by atoms with Crippen molar-refractivity contribution >= 4 is 15.7 Å². The van der Waals surface area contributed by atoms with E-state index in [1.165, 1.54) is 0 Å². The van der Waals surface area contributed by atoms with Crippen LogP contribution < -0.4 is 15.4 Å². The molecule has 2 unspecified atom stereocenters. The van der Waals surface area contributed by atoms with E-state index >= 15 is 0 Å². The number of nitrogens with two attached hydrogens (primary N) is 1. The molecule has 6 heteroatoms. The van der Waals surface area contributed by atoms with Gasteiger partial charge in [-0.15, -0.1) is 0 Å². The first-order valence-electron chi connectivity index (χ1n) is 7.54. The molecule has 1 aromatic carbocycles. The maximum atomic E-state index is 12.0. The van der Waals surface area contributed by atoms with E-state index < -0.39 is 10.0 Å². The van der Waals surface area contributed by atoms with Gasteiger partial charge in [0.1, 0.15) is 0 Å². The number of sulfonamides is 1. The van der Waals surface area contributed by atoms with E-state index in [9.17, 15) is 8.42 Å². The van der Waals surface area contributed by atoms with Gasteiger partial charge in [0.05, 0.1) is 4.90 Å². The molecule has 2 atom stereocenters. The lowest BCUT2D eigenvalue weighted by molar-refractivity contribution is 0.579. The zero-order chi connectivity index (χ0) is 15.5. The minimum absolute atomic E-state index is 0.321. The lowest BCUT2D eigenvalue weighted by atomic mass is 10.1. The van der Waals surface area contributed by atoms with Crippen molar-refractivity contribution in [1.29, 1.82) is 0 Å². The Morgan fingerprint density at radius 2 is 2.00 bits per heavy atom. The van der Waals surface area contributed by atoms with Crippen LogP contribution >= 0.6 is 0 Å². The Hall–Kier alpha value is -1.11. The number of nitrogens with zero attached hydrogens (tertiary/aromatic N) is 1. The molecule has 0 radical (unpaired) electrons. The molecule has 1 saturated heterocycles. The van der Waals surface area contributed by atoms with Gasteiger partial charge in [-0.2, -0.15) is 0 Å². The minimum Gasteiger partial charge on any atom is -0.368 e. The van der Waals surface area contributed by atoms with Crippen LogP contribution in [0.15, 0.2) is 29.2 Å². The molecule has 0 bridgehead atoms. The molecule has 3 N–H and O–H groups in total. The second-order valence-electron chi connectivity index (χ2n) is 5.73. The van der Waals surface area contributed by atoms with Crippen LogP contribution in [0.2, 0.25) is 0 Å².